The first-order valence-electron chi connectivity index (χ1n) is 6.44. The summed E-state index contributed by atoms with van der Waals surface area (Å²) in [6.07, 6.45) is 0. The van der Waals surface area contributed by atoms with Gasteiger partial charge in [-0.2, -0.15) is 0 Å². The van der Waals surface area contributed by atoms with Crippen molar-refractivity contribution < 1.29 is 9.90 Å². The third-order valence-electron chi connectivity index (χ3n) is 2.94. The van der Waals surface area contributed by atoms with Crippen LogP contribution in [0.3, 0.4) is 0 Å². The summed E-state index contributed by atoms with van der Waals surface area (Å²) in [6, 6.07) is 5.74. The Labute approximate surface area is 109 Å². The van der Waals surface area contributed by atoms with Crippen LogP contribution in [0.25, 0.3) is 0 Å². The minimum atomic E-state index is -0.858. The average Bonchev–Trinajstić information content (AvgIpc) is 2.25. The molecule has 0 unspecified atom stereocenters. The second kappa shape index (κ2) is 5.89. The molecule has 0 aliphatic heterocycles. The maximum Gasteiger partial charge on any atom is 0.337 e. The lowest BCUT2D eigenvalue weighted by Gasteiger charge is -2.33. The third kappa shape index (κ3) is 3.25. The van der Waals surface area contributed by atoms with Gasteiger partial charge >= 0.3 is 5.97 Å². The molecule has 0 aromatic heterocycles. The standard InChI is InChI=1S/C15H23NO2/c1-10(2)9-16(11(3)4)14-12(5)7-6-8-13(14)15(17)18/h6-8,10-11H,9H2,1-5H3,(H,17,18). The monoisotopic (exact) mass is 249 g/mol. The van der Waals surface area contributed by atoms with Gasteiger partial charge in [0.25, 0.3) is 0 Å². The molecule has 3 heteroatoms. The highest BCUT2D eigenvalue weighted by Crippen LogP contribution is 2.27. The van der Waals surface area contributed by atoms with E-state index in [2.05, 4.69) is 32.6 Å². The number of hydrogen-bond donors (Lipinski definition) is 1. The van der Waals surface area contributed by atoms with E-state index >= 15 is 0 Å². The predicted octanol–water partition coefficient (Wildman–Crippen LogP) is 3.56. The fraction of sp³-hybridized carbons (Fsp3) is 0.533. The van der Waals surface area contributed by atoms with E-state index in [9.17, 15) is 9.90 Å². The molecule has 1 rings (SSSR count). The Kier molecular flexibility index (Phi) is 4.76. The molecule has 0 aliphatic rings. The Hall–Kier alpha value is -1.51. The molecule has 1 aromatic carbocycles. The van der Waals surface area contributed by atoms with Crippen LogP contribution < -0.4 is 4.90 Å². The number of anilines is 1. The van der Waals surface area contributed by atoms with Crippen LogP contribution in [0.1, 0.15) is 43.6 Å². The van der Waals surface area contributed by atoms with E-state index in [1.165, 1.54) is 0 Å². The molecule has 0 heterocycles. The van der Waals surface area contributed by atoms with Gasteiger partial charge in [0, 0.05) is 12.6 Å². The van der Waals surface area contributed by atoms with E-state index in [0.29, 0.717) is 11.5 Å². The molecule has 0 fully saturated rings. The minimum Gasteiger partial charge on any atom is -0.478 e. The van der Waals surface area contributed by atoms with Crippen LogP contribution in [0.5, 0.6) is 0 Å². The molecular weight excluding hydrogens is 226 g/mol. The van der Waals surface area contributed by atoms with E-state index < -0.39 is 5.97 Å². The number of nitrogens with zero attached hydrogens (tertiary/aromatic N) is 1. The molecule has 100 valence electrons. The molecule has 1 N–H and O–H groups in total. The van der Waals surface area contributed by atoms with E-state index in [1.54, 1.807) is 12.1 Å². The molecule has 0 spiro atoms. The van der Waals surface area contributed by atoms with Gasteiger partial charge < -0.3 is 10.0 Å². The average molecular weight is 249 g/mol. The number of aryl methyl sites for hydroxylation is 1. The van der Waals surface area contributed by atoms with Crippen molar-refractivity contribution in [2.45, 2.75) is 40.7 Å². The zero-order valence-electron chi connectivity index (χ0n) is 11.9. The van der Waals surface area contributed by atoms with Gasteiger partial charge in [0.2, 0.25) is 0 Å². The first kappa shape index (κ1) is 14.6. The van der Waals surface area contributed by atoms with Crippen molar-refractivity contribution >= 4 is 11.7 Å². The first-order chi connectivity index (χ1) is 8.34. The first-order valence-corrected chi connectivity index (χ1v) is 6.44. The van der Waals surface area contributed by atoms with Crippen LogP contribution in [-0.2, 0) is 0 Å². The summed E-state index contributed by atoms with van der Waals surface area (Å²) in [4.78, 5) is 13.5. The summed E-state index contributed by atoms with van der Waals surface area (Å²) in [5, 5.41) is 9.33. The SMILES string of the molecule is Cc1cccc(C(=O)O)c1N(CC(C)C)C(C)C. The van der Waals surface area contributed by atoms with Crippen molar-refractivity contribution in [1.82, 2.24) is 0 Å². The van der Waals surface area contributed by atoms with Gasteiger partial charge in [0.1, 0.15) is 0 Å². The normalized spacial score (nSPS) is 11.1. The molecule has 3 nitrogen and oxygen atoms in total. The Morgan fingerprint density at radius 1 is 1.28 bits per heavy atom. The zero-order chi connectivity index (χ0) is 13.9. The van der Waals surface area contributed by atoms with Crippen LogP contribution in [0, 0.1) is 12.8 Å². The Morgan fingerprint density at radius 3 is 2.33 bits per heavy atom. The topological polar surface area (TPSA) is 40.5 Å². The van der Waals surface area contributed by atoms with Crippen molar-refractivity contribution in [3.05, 3.63) is 29.3 Å². The number of benzene rings is 1. The summed E-state index contributed by atoms with van der Waals surface area (Å²) >= 11 is 0. The number of carbonyl (C=O) groups is 1. The Bertz CT molecular complexity index is 425. The summed E-state index contributed by atoms with van der Waals surface area (Å²) in [7, 11) is 0. The molecule has 0 saturated heterocycles. The molecule has 1 aromatic rings. The van der Waals surface area contributed by atoms with Gasteiger partial charge in [0.05, 0.1) is 11.3 Å². The van der Waals surface area contributed by atoms with Gasteiger partial charge in [0.15, 0.2) is 0 Å². The summed E-state index contributed by atoms with van der Waals surface area (Å²) < 4.78 is 0. The summed E-state index contributed by atoms with van der Waals surface area (Å²) in [5.74, 6) is -0.364. The summed E-state index contributed by atoms with van der Waals surface area (Å²) in [5.41, 5.74) is 2.27. The highest BCUT2D eigenvalue weighted by molar-refractivity contribution is 5.95. The Morgan fingerprint density at radius 2 is 1.89 bits per heavy atom. The van der Waals surface area contributed by atoms with Gasteiger partial charge in [-0.05, 0) is 38.3 Å². The second-order valence-corrected chi connectivity index (χ2v) is 5.42. The minimum absolute atomic E-state index is 0.284. The van der Waals surface area contributed by atoms with Crippen LogP contribution in [0.4, 0.5) is 5.69 Å². The molecular formula is C15H23NO2. The van der Waals surface area contributed by atoms with Crippen molar-refractivity contribution in [2.24, 2.45) is 5.92 Å². The molecule has 0 radical (unpaired) electrons. The number of rotatable bonds is 5. The number of para-hydroxylation sites is 1. The maximum atomic E-state index is 11.4. The lowest BCUT2D eigenvalue weighted by Crippen LogP contribution is -2.35. The quantitative estimate of drug-likeness (QED) is 0.867. The fourth-order valence-electron chi connectivity index (χ4n) is 2.17. The van der Waals surface area contributed by atoms with Crippen molar-refractivity contribution in [1.29, 1.82) is 0 Å². The molecule has 0 atom stereocenters. The van der Waals surface area contributed by atoms with Crippen LogP contribution in [0.15, 0.2) is 18.2 Å². The largest absolute Gasteiger partial charge is 0.478 e. The lowest BCUT2D eigenvalue weighted by atomic mass is 10.0. The number of aromatic carboxylic acids is 1. The second-order valence-electron chi connectivity index (χ2n) is 5.42. The molecule has 0 saturated carbocycles. The van der Waals surface area contributed by atoms with Gasteiger partial charge in [-0.25, -0.2) is 4.79 Å². The number of carboxylic acid groups (broad SMARTS) is 1. The molecule has 0 aliphatic carbocycles. The zero-order valence-corrected chi connectivity index (χ0v) is 11.9. The van der Waals surface area contributed by atoms with Crippen molar-refractivity contribution in [2.75, 3.05) is 11.4 Å². The Balaban J connectivity index is 3.30. The number of carboxylic acids is 1. The van der Waals surface area contributed by atoms with Crippen molar-refractivity contribution in [3.8, 4) is 0 Å². The molecule has 0 bridgehead atoms. The third-order valence-corrected chi connectivity index (χ3v) is 2.94. The van der Waals surface area contributed by atoms with Crippen LogP contribution in [0.2, 0.25) is 0 Å². The van der Waals surface area contributed by atoms with E-state index in [-0.39, 0.29) is 6.04 Å². The van der Waals surface area contributed by atoms with Crippen LogP contribution >= 0.6 is 0 Å². The van der Waals surface area contributed by atoms with E-state index in [4.69, 9.17) is 0 Å². The maximum absolute atomic E-state index is 11.4. The predicted molar refractivity (Wildman–Crippen MR) is 75.5 cm³/mol. The highest BCUT2D eigenvalue weighted by Gasteiger charge is 2.20. The number of hydrogen-bond acceptors (Lipinski definition) is 2. The fourth-order valence-corrected chi connectivity index (χ4v) is 2.17. The van der Waals surface area contributed by atoms with E-state index in [0.717, 1.165) is 17.8 Å². The highest BCUT2D eigenvalue weighted by atomic mass is 16.4. The van der Waals surface area contributed by atoms with Crippen molar-refractivity contribution in [3.63, 3.8) is 0 Å². The smallest absolute Gasteiger partial charge is 0.337 e. The van der Waals surface area contributed by atoms with Gasteiger partial charge in [-0.15, -0.1) is 0 Å². The summed E-state index contributed by atoms with van der Waals surface area (Å²) in [6.45, 7) is 11.3. The van der Waals surface area contributed by atoms with Gasteiger partial charge in [-0.3, -0.25) is 0 Å². The lowest BCUT2D eigenvalue weighted by molar-refractivity contribution is 0.0697. The molecule has 18 heavy (non-hydrogen) atoms. The molecule has 0 amide bonds. The van der Waals surface area contributed by atoms with Crippen LogP contribution in [-0.4, -0.2) is 23.7 Å². The van der Waals surface area contributed by atoms with E-state index in [1.807, 2.05) is 13.0 Å². The van der Waals surface area contributed by atoms with Gasteiger partial charge in [-0.1, -0.05) is 26.0 Å².